The second-order valence-corrected chi connectivity index (χ2v) is 3.57. The molecule has 0 aliphatic heterocycles. The number of nitrogens with one attached hydrogen (secondary N) is 1. The molecule has 0 aliphatic rings. The molecule has 1 atom stereocenters. The molecule has 0 saturated heterocycles. The molecule has 0 saturated carbocycles. The third kappa shape index (κ3) is 7.16. The van der Waals surface area contributed by atoms with Crippen molar-refractivity contribution < 1.29 is 4.74 Å². The van der Waals surface area contributed by atoms with Gasteiger partial charge in [0.05, 0.1) is 19.5 Å². The first-order chi connectivity index (χ1) is 7.72. The van der Waals surface area contributed by atoms with Crippen molar-refractivity contribution in [3.63, 3.8) is 0 Å². The Morgan fingerprint density at radius 3 is 3.00 bits per heavy atom. The van der Waals surface area contributed by atoms with E-state index in [1.54, 1.807) is 19.6 Å². The van der Waals surface area contributed by atoms with Crippen LogP contribution in [0, 0.1) is 0 Å². The van der Waals surface area contributed by atoms with Gasteiger partial charge in [-0.1, -0.05) is 0 Å². The number of aromatic nitrogens is 2. The monoisotopic (exact) mass is 353 g/mol. The van der Waals surface area contributed by atoms with Crippen molar-refractivity contribution in [3.8, 4) is 0 Å². The largest absolute Gasteiger partial charge is 0.383 e. The van der Waals surface area contributed by atoms with Crippen molar-refractivity contribution in [2.24, 2.45) is 10.7 Å². The number of hydrogen-bond donors (Lipinski definition) is 2. The predicted molar refractivity (Wildman–Crippen MR) is 78.6 cm³/mol. The van der Waals surface area contributed by atoms with Crippen molar-refractivity contribution >= 4 is 29.9 Å². The molecule has 98 valence electrons. The number of hydrogen-bond acceptors (Lipinski definition) is 3. The van der Waals surface area contributed by atoms with Gasteiger partial charge in [-0.2, -0.15) is 0 Å². The summed E-state index contributed by atoms with van der Waals surface area (Å²) in [6.07, 6.45) is 5.39. The molecule has 1 rings (SSSR count). The van der Waals surface area contributed by atoms with Crippen LogP contribution in [0.3, 0.4) is 0 Å². The maximum atomic E-state index is 5.70. The molecule has 17 heavy (non-hydrogen) atoms. The fraction of sp³-hybridized carbons (Fsp3) is 0.600. The van der Waals surface area contributed by atoms with Gasteiger partial charge >= 0.3 is 0 Å². The Kier molecular flexibility index (Phi) is 8.78. The van der Waals surface area contributed by atoms with Crippen LogP contribution >= 0.6 is 24.0 Å². The summed E-state index contributed by atoms with van der Waals surface area (Å²) in [5.41, 5.74) is 5.70. The van der Waals surface area contributed by atoms with Gasteiger partial charge in [0.1, 0.15) is 0 Å². The topological polar surface area (TPSA) is 77.5 Å². The number of methoxy groups -OCH3 is 1. The maximum Gasteiger partial charge on any atom is 0.188 e. The van der Waals surface area contributed by atoms with Crippen LogP contribution in [0.5, 0.6) is 0 Å². The van der Waals surface area contributed by atoms with Crippen LogP contribution in [0.2, 0.25) is 0 Å². The van der Waals surface area contributed by atoms with Crippen LogP contribution in [0.25, 0.3) is 0 Å². The van der Waals surface area contributed by atoms with E-state index in [1.807, 2.05) is 17.7 Å². The van der Waals surface area contributed by atoms with Crippen molar-refractivity contribution in [1.82, 2.24) is 14.9 Å². The Labute approximate surface area is 119 Å². The Bertz CT molecular complexity index is 315. The van der Waals surface area contributed by atoms with Gasteiger partial charge in [-0.15, -0.1) is 24.0 Å². The van der Waals surface area contributed by atoms with Crippen molar-refractivity contribution in [3.05, 3.63) is 18.7 Å². The summed E-state index contributed by atoms with van der Waals surface area (Å²) in [6.45, 7) is 4.01. The van der Waals surface area contributed by atoms with Crippen LogP contribution in [0.4, 0.5) is 0 Å². The molecular formula is C10H20IN5O. The summed E-state index contributed by atoms with van der Waals surface area (Å²) in [5, 5.41) is 3.04. The van der Waals surface area contributed by atoms with Gasteiger partial charge in [0.25, 0.3) is 0 Å². The standard InChI is InChI=1S/C10H19N5O.HI/c1-9(7-16-2)14-10(11)13-4-6-15-5-3-12-8-15;/h3,5,8-9H,4,6-7H2,1-2H3,(H3,11,13,14);1H. The molecule has 0 aliphatic carbocycles. The Morgan fingerprint density at radius 1 is 1.65 bits per heavy atom. The number of nitrogens with zero attached hydrogens (tertiary/aromatic N) is 3. The number of nitrogens with two attached hydrogens (primary N) is 1. The smallest absolute Gasteiger partial charge is 0.188 e. The van der Waals surface area contributed by atoms with E-state index < -0.39 is 0 Å². The van der Waals surface area contributed by atoms with Gasteiger partial charge in [-0.25, -0.2) is 4.98 Å². The van der Waals surface area contributed by atoms with Crippen LogP contribution in [0.15, 0.2) is 23.7 Å². The summed E-state index contributed by atoms with van der Waals surface area (Å²) < 4.78 is 6.94. The number of aliphatic imine (C=N–C) groups is 1. The van der Waals surface area contributed by atoms with Crippen molar-refractivity contribution in [1.29, 1.82) is 0 Å². The number of guanidine groups is 1. The van der Waals surface area contributed by atoms with E-state index in [1.165, 1.54) is 0 Å². The number of ether oxygens (including phenoxy) is 1. The fourth-order valence-corrected chi connectivity index (χ4v) is 1.29. The zero-order valence-electron chi connectivity index (χ0n) is 10.2. The molecule has 1 aromatic heterocycles. The molecule has 0 amide bonds. The van der Waals surface area contributed by atoms with E-state index >= 15 is 0 Å². The zero-order chi connectivity index (χ0) is 11.8. The highest BCUT2D eigenvalue weighted by molar-refractivity contribution is 14.0. The molecule has 0 spiro atoms. The Hall–Kier alpha value is -0.830. The van der Waals surface area contributed by atoms with E-state index in [-0.39, 0.29) is 30.0 Å². The maximum absolute atomic E-state index is 5.70. The van der Waals surface area contributed by atoms with E-state index in [2.05, 4.69) is 15.3 Å². The minimum atomic E-state index is 0. The fourth-order valence-electron chi connectivity index (χ4n) is 1.29. The molecule has 7 heteroatoms. The van der Waals surface area contributed by atoms with E-state index in [0.29, 0.717) is 19.1 Å². The summed E-state index contributed by atoms with van der Waals surface area (Å²) in [4.78, 5) is 8.14. The molecule has 3 N–H and O–H groups in total. The number of halogens is 1. The highest BCUT2D eigenvalue weighted by atomic mass is 127. The second kappa shape index (κ2) is 9.23. The molecule has 1 aromatic rings. The first-order valence-electron chi connectivity index (χ1n) is 5.23. The average Bonchev–Trinajstić information content (AvgIpc) is 2.70. The lowest BCUT2D eigenvalue weighted by atomic mass is 10.4. The molecule has 0 bridgehead atoms. The molecule has 0 radical (unpaired) electrons. The van der Waals surface area contributed by atoms with Gasteiger partial charge in [-0.3, -0.25) is 4.99 Å². The molecule has 0 aromatic carbocycles. The van der Waals surface area contributed by atoms with Crippen LogP contribution < -0.4 is 11.1 Å². The summed E-state index contributed by atoms with van der Waals surface area (Å²) in [5.74, 6) is 0.449. The van der Waals surface area contributed by atoms with E-state index in [4.69, 9.17) is 10.5 Å². The van der Waals surface area contributed by atoms with Crippen LogP contribution in [0.1, 0.15) is 6.92 Å². The number of rotatable bonds is 6. The third-order valence-corrected chi connectivity index (χ3v) is 2.01. The highest BCUT2D eigenvalue weighted by Crippen LogP contribution is 1.86. The minimum absolute atomic E-state index is 0. The van der Waals surface area contributed by atoms with Crippen molar-refractivity contribution in [2.45, 2.75) is 19.5 Å². The molecule has 1 unspecified atom stereocenters. The summed E-state index contributed by atoms with van der Waals surface area (Å²) >= 11 is 0. The van der Waals surface area contributed by atoms with Gasteiger partial charge in [0.15, 0.2) is 5.96 Å². The average molecular weight is 353 g/mol. The molecular weight excluding hydrogens is 333 g/mol. The number of imidazole rings is 1. The lowest BCUT2D eigenvalue weighted by Crippen LogP contribution is -2.40. The normalized spacial score (nSPS) is 12.9. The SMILES string of the molecule is COCC(C)NC(N)=NCCn1ccnc1.I. The quantitative estimate of drug-likeness (QED) is 0.442. The molecule has 0 fully saturated rings. The molecule has 6 nitrogen and oxygen atoms in total. The lowest BCUT2D eigenvalue weighted by Gasteiger charge is -2.12. The van der Waals surface area contributed by atoms with Gasteiger partial charge in [0, 0.05) is 32.1 Å². The predicted octanol–water partition coefficient (Wildman–Crippen LogP) is 0.440. The first kappa shape index (κ1) is 16.2. The van der Waals surface area contributed by atoms with Crippen LogP contribution in [-0.2, 0) is 11.3 Å². The third-order valence-electron chi connectivity index (χ3n) is 2.01. The highest BCUT2D eigenvalue weighted by Gasteiger charge is 2.00. The van der Waals surface area contributed by atoms with Crippen LogP contribution in [-0.4, -0.2) is 41.8 Å². The summed E-state index contributed by atoms with van der Waals surface area (Å²) in [6, 6.07) is 0.169. The lowest BCUT2D eigenvalue weighted by molar-refractivity contribution is 0.179. The van der Waals surface area contributed by atoms with Crippen molar-refractivity contribution in [2.75, 3.05) is 20.3 Å². The van der Waals surface area contributed by atoms with E-state index in [9.17, 15) is 0 Å². The Balaban J connectivity index is 0.00000256. The van der Waals surface area contributed by atoms with Gasteiger partial charge < -0.3 is 20.4 Å². The second-order valence-electron chi connectivity index (χ2n) is 3.57. The van der Waals surface area contributed by atoms with Gasteiger partial charge in [0.2, 0.25) is 0 Å². The zero-order valence-corrected chi connectivity index (χ0v) is 12.5. The van der Waals surface area contributed by atoms with E-state index in [0.717, 1.165) is 6.54 Å². The minimum Gasteiger partial charge on any atom is -0.383 e. The Morgan fingerprint density at radius 2 is 2.41 bits per heavy atom. The molecule has 1 heterocycles. The summed E-state index contributed by atoms with van der Waals surface area (Å²) in [7, 11) is 1.66. The first-order valence-corrected chi connectivity index (χ1v) is 5.23. The van der Waals surface area contributed by atoms with Gasteiger partial charge in [-0.05, 0) is 6.92 Å².